The molecule has 4 saturated carbocycles. The zero-order chi connectivity index (χ0) is 19.4. The summed E-state index contributed by atoms with van der Waals surface area (Å²) in [6.07, 6.45) is 10.2. The number of hydrogen-bond acceptors (Lipinski definition) is 4. The van der Waals surface area contributed by atoms with E-state index >= 15 is 0 Å². The van der Waals surface area contributed by atoms with Gasteiger partial charge in [0.05, 0.1) is 12.2 Å². The quantitative estimate of drug-likeness (QED) is 0.628. The van der Waals surface area contributed by atoms with Crippen molar-refractivity contribution >= 4 is 14.1 Å². The fourth-order valence-electron chi connectivity index (χ4n) is 5.67. The Bertz CT molecular complexity index is 583. The number of ether oxygens (including phenoxy) is 2. The average molecular weight is 393 g/mol. The summed E-state index contributed by atoms with van der Waals surface area (Å²) in [7, 11) is -1.91. The van der Waals surface area contributed by atoms with Crippen LogP contribution in [0.25, 0.3) is 0 Å². The molecule has 4 bridgehead atoms. The second kappa shape index (κ2) is 6.79. The molecule has 4 aliphatic carbocycles. The van der Waals surface area contributed by atoms with Crippen molar-refractivity contribution in [2.45, 2.75) is 95.4 Å². The first-order chi connectivity index (χ1) is 12.6. The Morgan fingerprint density at radius 2 is 1.67 bits per heavy atom. The minimum atomic E-state index is -1.91. The zero-order valence-electron chi connectivity index (χ0n) is 17.6. The molecule has 0 unspecified atom stereocenters. The Morgan fingerprint density at radius 3 is 2.19 bits per heavy atom. The molecule has 4 nitrogen and oxygen atoms in total. The molecule has 2 atom stereocenters. The number of rotatable bonds is 5. The van der Waals surface area contributed by atoms with Crippen LogP contribution < -0.4 is 0 Å². The molecule has 0 saturated heterocycles. The summed E-state index contributed by atoms with van der Waals surface area (Å²) in [4.78, 5) is 12.3. The molecule has 152 valence electrons. The van der Waals surface area contributed by atoms with Gasteiger partial charge in [0.15, 0.2) is 20.4 Å². The van der Waals surface area contributed by atoms with E-state index in [9.17, 15) is 4.79 Å². The van der Waals surface area contributed by atoms with Crippen LogP contribution in [-0.2, 0) is 18.7 Å². The number of carbonyl (C=O) groups excluding carboxylic acids is 1. The van der Waals surface area contributed by atoms with E-state index in [1.165, 1.54) is 38.5 Å². The second-order valence-electron chi connectivity index (χ2n) is 11.0. The maximum absolute atomic E-state index is 12.3. The van der Waals surface area contributed by atoms with Crippen LogP contribution in [0.1, 0.15) is 59.3 Å². The lowest BCUT2D eigenvalue weighted by molar-refractivity contribution is -0.252. The molecule has 0 radical (unpaired) electrons. The molecule has 4 fully saturated rings. The van der Waals surface area contributed by atoms with E-state index in [-0.39, 0.29) is 16.4 Å². The van der Waals surface area contributed by atoms with E-state index in [0.717, 1.165) is 17.8 Å². The van der Waals surface area contributed by atoms with Crippen molar-refractivity contribution < 1.29 is 18.7 Å². The molecular weight excluding hydrogens is 356 g/mol. The van der Waals surface area contributed by atoms with Gasteiger partial charge in [-0.1, -0.05) is 20.8 Å². The molecule has 27 heavy (non-hydrogen) atoms. The van der Waals surface area contributed by atoms with Gasteiger partial charge in [0.2, 0.25) is 0 Å². The Morgan fingerprint density at radius 1 is 1.11 bits per heavy atom. The van der Waals surface area contributed by atoms with Gasteiger partial charge in [-0.05, 0) is 86.6 Å². The molecule has 5 heteroatoms. The van der Waals surface area contributed by atoms with Gasteiger partial charge in [-0.3, -0.25) is 4.79 Å². The zero-order valence-corrected chi connectivity index (χ0v) is 18.6. The molecule has 0 spiro atoms. The van der Waals surface area contributed by atoms with Gasteiger partial charge in [-0.25, -0.2) is 0 Å². The van der Waals surface area contributed by atoms with Crippen LogP contribution >= 0.6 is 0 Å². The smallest absolute Gasteiger partial charge is 0.192 e. The molecule has 0 N–H and O–H groups in total. The fraction of sp³-hybridized carbons (Fsp3) is 0.864. The van der Waals surface area contributed by atoms with E-state index in [2.05, 4.69) is 33.9 Å². The lowest BCUT2D eigenvalue weighted by atomic mass is 9.54. The molecule has 1 aliphatic heterocycles. The van der Waals surface area contributed by atoms with Crippen LogP contribution in [0.4, 0.5) is 0 Å². The summed E-state index contributed by atoms with van der Waals surface area (Å²) >= 11 is 0. The molecule has 0 aromatic heterocycles. The van der Waals surface area contributed by atoms with E-state index in [0.29, 0.717) is 6.61 Å². The SMILES string of the molecule is CC(C)(C)[Si](C)(C)OC[C@@H]1O[C@@H](OC23CC4CC(CC(C4)C2)C3)C=CC1=O. The number of ketones is 1. The predicted molar refractivity (Wildman–Crippen MR) is 108 cm³/mol. The Hall–Kier alpha value is -0.493. The molecule has 5 rings (SSSR count). The first-order valence-corrected chi connectivity index (χ1v) is 13.7. The van der Waals surface area contributed by atoms with Gasteiger partial charge in [0.25, 0.3) is 0 Å². The highest BCUT2D eigenvalue weighted by Gasteiger charge is 2.53. The third-order valence-electron chi connectivity index (χ3n) is 7.78. The first kappa shape index (κ1) is 19.8. The molecule has 0 aromatic rings. The van der Waals surface area contributed by atoms with Gasteiger partial charge >= 0.3 is 0 Å². The lowest BCUT2D eigenvalue weighted by Crippen LogP contribution is -2.54. The normalized spacial score (nSPS) is 41.4. The van der Waals surface area contributed by atoms with Crippen molar-refractivity contribution in [2.24, 2.45) is 17.8 Å². The third kappa shape index (κ3) is 3.98. The number of carbonyl (C=O) groups is 1. The highest BCUT2D eigenvalue weighted by atomic mass is 28.4. The van der Waals surface area contributed by atoms with Crippen molar-refractivity contribution in [2.75, 3.05) is 6.61 Å². The lowest BCUT2D eigenvalue weighted by Gasteiger charge is -2.56. The van der Waals surface area contributed by atoms with E-state index in [1.807, 2.05) is 6.08 Å². The maximum atomic E-state index is 12.3. The summed E-state index contributed by atoms with van der Waals surface area (Å²) in [6, 6.07) is 0. The van der Waals surface area contributed by atoms with Crippen molar-refractivity contribution in [3.63, 3.8) is 0 Å². The van der Waals surface area contributed by atoms with Crippen LogP contribution in [0.5, 0.6) is 0 Å². The summed E-state index contributed by atoms with van der Waals surface area (Å²) < 4.78 is 18.9. The third-order valence-corrected chi connectivity index (χ3v) is 12.3. The van der Waals surface area contributed by atoms with E-state index in [4.69, 9.17) is 13.9 Å². The average Bonchev–Trinajstić information content (AvgIpc) is 2.52. The summed E-state index contributed by atoms with van der Waals surface area (Å²) in [5.74, 6) is 2.51. The van der Waals surface area contributed by atoms with Crippen molar-refractivity contribution in [1.29, 1.82) is 0 Å². The van der Waals surface area contributed by atoms with Crippen molar-refractivity contribution in [1.82, 2.24) is 0 Å². The molecule has 5 aliphatic rings. The predicted octanol–water partition coefficient (Wildman–Crippen LogP) is 4.84. The van der Waals surface area contributed by atoms with Crippen LogP contribution in [0.3, 0.4) is 0 Å². The minimum absolute atomic E-state index is 0.000860. The van der Waals surface area contributed by atoms with Crippen LogP contribution in [0.2, 0.25) is 18.1 Å². The monoisotopic (exact) mass is 392 g/mol. The topological polar surface area (TPSA) is 44.8 Å². The van der Waals surface area contributed by atoms with Gasteiger partial charge in [0, 0.05) is 0 Å². The summed E-state index contributed by atoms with van der Waals surface area (Å²) in [5.41, 5.74) is -0.0189. The Balaban J connectivity index is 1.38. The molecular formula is C22H36O4Si. The van der Waals surface area contributed by atoms with Crippen molar-refractivity contribution in [3.8, 4) is 0 Å². The maximum Gasteiger partial charge on any atom is 0.192 e. The Kier molecular flexibility index (Phi) is 4.98. The molecule has 0 aromatic carbocycles. The van der Waals surface area contributed by atoms with E-state index < -0.39 is 20.7 Å². The first-order valence-electron chi connectivity index (χ1n) is 10.7. The van der Waals surface area contributed by atoms with Crippen LogP contribution in [0, 0.1) is 17.8 Å². The largest absolute Gasteiger partial charge is 0.414 e. The summed E-state index contributed by atoms with van der Waals surface area (Å²) in [6.45, 7) is 11.4. The highest BCUT2D eigenvalue weighted by Crippen LogP contribution is 2.57. The Labute approximate surface area is 165 Å². The highest BCUT2D eigenvalue weighted by molar-refractivity contribution is 6.74. The van der Waals surface area contributed by atoms with Crippen LogP contribution in [-0.4, -0.2) is 38.7 Å². The second-order valence-corrected chi connectivity index (χ2v) is 15.9. The van der Waals surface area contributed by atoms with Gasteiger partial charge in [-0.2, -0.15) is 0 Å². The molecule has 1 heterocycles. The van der Waals surface area contributed by atoms with Gasteiger partial charge < -0.3 is 13.9 Å². The van der Waals surface area contributed by atoms with Gasteiger partial charge in [0.1, 0.15) is 6.10 Å². The summed E-state index contributed by atoms with van der Waals surface area (Å²) in [5, 5.41) is 0.121. The molecule has 0 amide bonds. The van der Waals surface area contributed by atoms with Gasteiger partial charge in [-0.15, -0.1) is 0 Å². The number of hydrogen-bond donors (Lipinski definition) is 0. The fourth-order valence-corrected chi connectivity index (χ4v) is 6.67. The van der Waals surface area contributed by atoms with E-state index in [1.54, 1.807) is 6.08 Å². The standard InChI is InChI=1S/C22H36O4Si/c1-21(2,3)27(4,5)24-14-19-18(23)6-7-20(25-19)26-22-11-15-8-16(12-22)10-17(9-15)13-22/h6-7,15-17,19-20H,8-14H2,1-5H3/t15?,16?,17?,19-,20-,22?/m0/s1. The minimum Gasteiger partial charge on any atom is -0.414 e. The van der Waals surface area contributed by atoms with Crippen molar-refractivity contribution in [3.05, 3.63) is 12.2 Å². The van der Waals surface area contributed by atoms with Crippen LogP contribution in [0.15, 0.2) is 12.2 Å².